The maximum absolute atomic E-state index is 8.00. The van der Waals surface area contributed by atoms with Crippen molar-refractivity contribution in [3.05, 3.63) is 21.3 Å². The van der Waals surface area contributed by atoms with Crippen LogP contribution in [0.25, 0.3) is 0 Å². The van der Waals surface area contributed by atoms with E-state index in [1.807, 2.05) is 19.1 Å². The number of halogens is 2. The van der Waals surface area contributed by atoms with Gasteiger partial charge in [0.05, 0.1) is 4.60 Å². The van der Waals surface area contributed by atoms with Crippen LogP contribution in [0.5, 0.6) is 0 Å². The van der Waals surface area contributed by atoms with Crippen LogP contribution >= 0.6 is 31.9 Å². The summed E-state index contributed by atoms with van der Waals surface area (Å²) < 4.78 is 2.06. The predicted octanol–water partition coefficient (Wildman–Crippen LogP) is 2.35. The SMILES string of the molecule is Brc1cc[nH]c1Br.C=O. The summed E-state index contributed by atoms with van der Waals surface area (Å²) in [6.07, 6.45) is 1.86. The molecule has 0 atom stereocenters. The van der Waals surface area contributed by atoms with Gasteiger partial charge in [-0.3, -0.25) is 0 Å². The van der Waals surface area contributed by atoms with Crippen molar-refractivity contribution in [1.82, 2.24) is 4.98 Å². The Bertz CT molecular complexity index is 159. The molecule has 0 bridgehead atoms. The number of hydrogen-bond donors (Lipinski definition) is 1. The molecule has 1 rings (SSSR count). The summed E-state index contributed by atoms with van der Waals surface area (Å²) in [5.41, 5.74) is 0. The number of nitrogens with one attached hydrogen (secondary N) is 1. The monoisotopic (exact) mass is 253 g/mol. The zero-order valence-corrected chi connectivity index (χ0v) is 7.70. The van der Waals surface area contributed by atoms with Crippen LogP contribution in [0.3, 0.4) is 0 Å². The second kappa shape index (κ2) is 4.76. The molecule has 50 valence electrons. The number of aromatic nitrogens is 1. The van der Waals surface area contributed by atoms with E-state index in [1.165, 1.54) is 0 Å². The first-order chi connectivity index (χ1) is 4.30. The Morgan fingerprint density at radius 3 is 2.11 bits per heavy atom. The summed E-state index contributed by atoms with van der Waals surface area (Å²) in [7, 11) is 0. The molecule has 0 aliphatic rings. The average molecular weight is 255 g/mol. The Kier molecular flexibility index (Phi) is 4.71. The van der Waals surface area contributed by atoms with Crippen LogP contribution in [0.15, 0.2) is 21.3 Å². The van der Waals surface area contributed by atoms with Gasteiger partial charge in [0.25, 0.3) is 0 Å². The Labute approximate surface area is 69.9 Å². The van der Waals surface area contributed by atoms with Crippen LogP contribution in [-0.4, -0.2) is 11.8 Å². The minimum atomic E-state index is 0.993. The van der Waals surface area contributed by atoms with Crippen molar-refractivity contribution in [2.24, 2.45) is 0 Å². The summed E-state index contributed by atoms with van der Waals surface area (Å²) in [5.74, 6) is 0. The lowest BCUT2D eigenvalue weighted by molar-refractivity contribution is -0.0979. The summed E-state index contributed by atoms with van der Waals surface area (Å²) >= 11 is 6.55. The van der Waals surface area contributed by atoms with Crippen molar-refractivity contribution in [2.45, 2.75) is 0 Å². The van der Waals surface area contributed by atoms with Gasteiger partial charge in [0.15, 0.2) is 0 Å². The van der Waals surface area contributed by atoms with E-state index in [-0.39, 0.29) is 0 Å². The van der Waals surface area contributed by atoms with Crippen molar-refractivity contribution in [3.63, 3.8) is 0 Å². The molecule has 0 spiro atoms. The minimum absolute atomic E-state index is 0.993. The van der Waals surface area contributed by atoms with Gasteiger partial charge in [-0.25, -0.2) is 0 Å². The normalized spacial score (nSPS) is 7.78. The molecule has 9 heavy (non-hydrogen) atoms. The average Bonchev–Trinajstić information content (AvgIpc) is 2.23. The number of H-pyrrole nitrogens is 1. The molecule has 0 aliphatic carbocycles. The van der Waals surface area contributed by atoms with Crippen LogP contribution in [0.1, 0.15) is 0 Å². The van der Waals surface area contributed by atoms with Gasteiger partial charge >= 0.3 is 0 Å². The number of carbonyl (C=O) groups is 1. The summed E-state index contributed by atoms with van der Waals surface area (Å²) in [6, 6.07) is 1.93. The zero-order chi connectivity index (χ0) is 7.28. The molecule has 0 aliphatic heterocycles. The van der Waals surface area contributed by atoms with Crippen molar-refractivity contribution in [2.75, 3.05) is 0 Å². The van der Waals surface area contributed by atoms with Gasteiger partial charge in [-0.1, -0.05) is 0 Å². The molecule has 0 aromatic carbocycles. The van der Waals surface area contributed by atoms with Crippen molar-refractivity contribution >= 4 is 38.6 Å². The van der Waals surface area contributed by atoms with Crippen molar-refractivity contribution < 1.29 is 4.79 Å². The fraction of sp³-hybridized carbons (Fsp3) is 0. The van der Waals surface area contributed by atoms with E-state index in [9.17, 15) is 0 Å². The van der Waals surface area contributed by atoms with Crippen LogP contribution in [0.2, 0.25) is 0 Å². The van der Waals surface area contributed by atoms with Crippen molar-refractivity contribution in [1.29, 1.82) is 0 Å². The Hall–Kier alpha value is -0.0900. The van der Waals surface area contributed by atoms with E-state index in [0.717, 1.165) is 9.08 Å². The fourth-order valence-electron chi connectivity index (χ4n) is 0.330. The fourth-order valence-corrected chi connectivity index (χ4v) is 0.841. The third kappa shape index (κ3) is 2.81. The lowest BCUT2D eigenvalue weighted by Gasteiger charge is -1.76. The Morgan fingerprint density at radius 2 is 2.00 bits per heavy atom. The van der Waals surface area contributed by atoms with Gasteiger partial charge < -0.3 is 9.78 Å². The van der Waals surface area contributed by atoms with Crippen molar-refractivity contribution in [3.8, 4) is 0 Å². The quantitative estimate of drug-likeness (QED) is 0.758. The molecule has 0 unspecified atom stereocenters. The largest absolute Gasteiger partial charge is 0.355 e. The highest BCUT2D eigenvalue weighted by atomic mass is 79.9. The lowest BCUT2D eigenvalue weighted by atomic mass is 10.7. The van der Waals surface area contributed by atoms with Gasteiger partial charge in [-0.15, -0.1) is 0 Å². The maximum Gasteiger partial charge on any atom is 0.106 e. The van der Waals surface area contributed by atoms with Gasteiger partial charge in [0.2, 0.25) is 0 Å². The maximum atomic E-state index is 8.00. The molecule has 0 amide bonds. The molecule has 1 N–H and O–H groups in total. The van der Waals surface area contributed by atoms with Crippen LogP contribution in [0.4, 0.5) is 0 Å². The molecule has 1 aromatic rings. The number of hydrogen-bond acceptors (Lipinski definition) is 1. The second-order valence-electron chi connectivity index (χ2n) is 1.14. The number of rotatable bonds is 0. The summed E-state index contributed by atoms with van der Waals surface area (Å²) in [6.45, 7) is 2.00. The highest BCUT2D eigenvalue weighted by Crippen LogP contribution is 2.19. The van der Waals surface area contributed by atoms with Gasteiger partial charge in [0, 0.05) is 10.7 Å². The topological polar surface area (TPSA) is 32.9 Å². The number of aromatic amines is 1. The highest BCUT2D eigenvalue weighted by Gasteiger charge is 1.90. The lowest BCUT2D eigenvalue weighted by Crippen LogP contribution is -1.55. The van der Waals surface area contributed by atoms with Crippen LogP contribution in [0, 0.1) is 0 Å². The third-order valence-corrected chi connectivity index (χ3v) is 2.50. The summed E-state index contributed by atoms with van der Waals surface area (Å²) in [5, 5.41) is 0. The molecule has 1 aromatic heterocycles. The minimum Gasteiger partial charge on any atom is -0.355 e. The molecule has 2 nitrogen and oxygen atoms in total. The molecular formula is C5H5Br2NO. The molecule has 0 saturated heterocycles. The smallest absolute Gasteiger partial charge is 0.106 e. The third-order valence-electron chi connectivity index (χ3n) is 0.649. The Balaban J connectivity index is 0.000000291. The van der Waals surface area contributed by atoms with Crippen LogP contribution in [-0.2, 0) is 4.79 Å². The first-order valence-corrected chi connectivity index (χ1v) is 3.66. The van der Waals surface area contributed by atoms with Gasteiger partial charge in [-0.2, -0.15) is 0 Å². The zero-order valence-electron chi connectivity index (χ0n) is 4.53. The first-order valence-electron chi connectivity index (χ1n) is 2.08. The van der Waals surface area contributed by atoms with E-state index in [0.29, 0.717) is 0 Å². The van der Waals surface area contributed by atoms with E-state index >= 15 is 0 Å². The molecule has 1 heterocycles. The molecule has 0 fully saturated rings. The first kappa shape index (κ1) is 8.91. The van der Waals surface area contributed by atoms with E-state index in [1.54, 1.807) is 0 Å². The highest BCUT2D eigenvalue weighted by molar-refractivity contribution is 9.13. The van der Waals surface area contributed by atoms with E-state index in [2.05, 4.69) is 36.8 Å². The Morgan fingerprint density at radius 1 is 1.44 bits per heavy atom. The second-order valence-corrected chi connectivity index (χ2v) is 2.79. The molecular weight excluding hydrogens is 250 g/mol. The molecule has 0 saturated carbocycles. The van der Waals surface area contributed by atoms with E-state index < -0.39 is 0 Å². The van der Waals surface area contributed by atoms with Gasteiger partial charge in [0.1, 0.15) is 6.79 Å². The number of carbonyl (C=O) groups excluding carboxylic acids is 1. The predicted molar refractivity (Wildman–Crippen MR) is 43.3 cm³/mol. The van der Waals surface area contributed by atoms with E-state index in [4.69, 9.17) is 4.79 Å². The summed E-state index contributed by atoms with van der Waals surface area (Å²) in [4.78, 5) is 10.9. The van der Waals surface area contributed by atoms with Crippen LogP contribution < -0.4 is 0 Å². The molecule has 0 radical (unpaired) electrons. The van der Waals surface area contributed by atoms with Gasteiger partial charge in [-0.05, 0) is 37.9 Å². The standard InChI is InChI=1S/C4H3Br2N.CH2O/c5-3-1-2-7-4(3)6;1-2/h1-2,7H;1H2. The molecule has 4 heteroatoms.